The molecule has 0 aliphatic rings. The van der Waals surface area contributed by atoms with Gasteiger partial charge in [0.1, 0.15) is 6.61 Å². The summed E-state index contributed by atoms with van der Waals surface area (Å²) >= 11 is 5.91. The zero-order valence-corrected chi connectivity index (χ0v) is 18.7. The van der Waals surface area contributed by atoms with Crippen molar-refractivity contribution in [3.8, 4) is 23.0 Å². The number of amides is 1. The van der Waals surface area contributed by atoms with Gasteiger partial charge in [-0.15, -0.1) is 0 Å². The van der Waals surface area contributed by atoms with E-state index < -0.39 is 0 Å². The number of nitrogens with zero attached hydrogens (tertiary/aromatic N) is 1. The number of carbonyl (C=O) groups is 1. The zero-order valence-electron chi connectivity index (χ0n) is 17.9. The normalized spacial score (nSPS) is 10.6. The Balaban J connectivity index is 1.63. The fourth-order valence-corrected chi connectivity index (χ4v) is 2.96. The Morgan fingerprint density at radius 3 is 2.22 bits per heavy atom. The first-order valence-corrected chi connectivity index (χ1v) is 10.0. The molecule has 1 amide bonds. The smallest absolute Gasteiger partial charge is 0.271 e. The van der Waals surface area contributed by atoms with Crippen LogP contribution < -0.4 is 24.4 Å². The quantitative estimate of drug-likeness (QED) is 0.374. The van der Waals surface area contributed by atoms with E-state index in [9.17, 15) is 4.79 Å². The molecular formula is C24H23ClN2O5. The Morgan fingerprint density at radius 1 is 0.875 bits per heavy atom. The number of nitrogens with one attached hydrogen (secondary N) is 1. The standard InChI is InChI=1S/C24H23ClN2O5/c1-29-20-11-7-18(13-23(20)31-3)24(28)27-26-14-17-6-10-21(22(12-17)30-2)32-15-16-4-8-19(25)9-5-16/h4-14H,15H2,1-3H3,(H,27,28). The van der Waals surface area contributed by atoms with E-state index in [1.54, 1.807) is 37.4 Å². The van der Waals surface area contributed by atoms with E-state index in [1.165, 1.54) is 20.4 Å². The number of halogens is 1. The number of hydrogen-bond acceptors (Lipinski definition) is 6. The molecule has 0 aliphatic heterocycles. The molecule has 3 aromatic carbocycles. The molecule has 0 aromatic heterocycles. The Labute approximate surface area is 191 Å². The monoisotopic (exact) mass is 454 g/mol. The predicted octanol–water partition coefficient (Wildman–Crippen LogP) is 4.71. The molecule has 3 aromatic rings. The van der Waals surface area contributed by atoms with Gasteiger partial charge < -0.3 is 18.9 Å². The summed E-state index contributed by atoms with van der Waals surface area (Å²) in [4.78, 5) is 12.3. The molecule has 0 spiro atoms. The van der Waals surface area contributed by atoms with E-state index in [2.05, 4.69) is 10.5 Å². The van der Waals surface area contributed by atoms with Gasteiger partial charge in [-0.05, 0) is 59.7 Å². The number of hydrazone groups is 1. The Morgan fingerprint density at radius 2 is 1.53 bits per heavy atom. The highest BCUT2D eigenvalue weighted by molar-refractivity contribution is 6.30. The van der Waals surface area contributed by atoms with Crippen molar-refractivity contribution < 1.29 is 23.7 Å². The minimum absolute atomic E-state index is 0.377. The van der Waals surface area contributed by atoms with Crippen LogP contribution >= 0.6 is 11.6 Å². The third-order valence-electron chi connectivity index (χ3n) is 4.52. The number of ether oxygens (including phenoxy) is 4. The second-order valence-electron chi connectivity index (χ2n) is 6.59. The molecule has 0 bridgehead atoms. The van der Waals surface area contributed by atoms with Crippen LogP contribution in [0.25, 0.3) is 0 Å². The molecular weight excluding hydrogens is 432 g/mol. The highest BCUT2D eigenvalue weighted by Gasteiger charge is 2.10. The molecule has 166 valence electrons. The van der Waals surface area contributed by atoms with Crippen LogP contribution in [0, 0.1) is 0 Å². The third kappa shape index (κ3) is 5.92. The summed E-state index contributed by atoms with van der Waals surface area (Å²) in [7, 11) is 4.60. The van der Waals surface area contributed by atoms with Gasteiger partial charge in [0.2, 0.25) is 0 Å². The highest BCUT2D eigenvalue weighted by atomic mass is 35.5. The maximum absolute atomic E-state index is 12.3. The largest absolute Gasteiger partial charge is 0.493 e. The van der Waals surface area contributed by atoms with Crippen molar-refractivity contribution >= 4 is 23.7 Å². The summed E-state index contributed by atoms with van der Waals surface area (Å²) in [6.07, 6.45) is 1.52. The van der Waals surface area contributed by atoms with Gasteiger partial charge in [0, 0.05) is 10.6 Å². The number of hydrogen-bond donors (Lipinski definition) is 1. The minimum atomic E-state index is -0.378. The molecule has 1 N–H and O–H groups in total. The molecule has 0 unspecified atom stereocenters. The first-order chi connectivity index (χ1) is 15.5. The van der Waals surface area contributed by atoms with Crippen LogP contribution in [0.3, 0.4) is 0 Å². The van der Waals surface area contributed by atoms with Crippen molar-refractivity contribution in [1.82, 2.24) is 5.43 Å². The van der Waals surface area contributed by atoms with Gasteiger partial charge in [-0.25, -0.2) is 5.43 Å². The molecule has 3 rings (SSSR count). The van der Waals surface area contributed by atoms with Crippen LogP contribution in [-0.2, 0) is 6.61 Å². The van der Waals surface area contributed by atoms with Crippen molar-refractivity contribution in [3.63, 3.8) is 0 Å². The first kappa shape index (κ1) is 23.0. The van der Waals surface area contributed by atoms with E-state index in [-0.39, 0.29) is 5.91 Å². The molecule has 0 aliphatic carbocycles. The van der Waals surface area contributed by atoms with Gasteiger partial charge in [-0.1, -0.05) is 23.7 Å². The maximum atomic E-state index is 12.3. The second kappa shape index (κ2) is 11.1. The van der Waals surface area contributed by atoms with E-state index >= 15 is 0 Å². The van der Waals surface area contributed by atoms with Gasteiger partial charge >= 0.3 is 0 Å². The van der Waals surface area contributed by atoms with Crippen LogP contribution in [-0.4, -0.2) is 33.5 Å². The average molecular weight is 455 g/mol. The number of methoxy groups -OCH3 is 3. The van der Waals surface area contributed by atoms with Crippen molar-refractivity contribution in [2.75, 3.05) is 21.3 Å². The highest BCUT2D eigenvalue weighted by Crippen LogP contribution is 2.29. The van der Waals surface area contributed by atoms with E-state index in [0.29, 0.717) is 40.2 Å². The van der Waals surface area contributed by atoms with E-state index in [4.69, 9.17) is 30.5 Å². The van der Waals surface area contributed by atoms with Gasteiger partial charge in [0.15, 0.2) is 23.0 Å². The lowest BCUT2D eigenvalue weighted by Crippen LogP contribution is -2.17. The molecule has 0 atom stereocenters. The SMILES string of the molecule is COc1ccc(C(=O)NN=Cc2ccc(OCc3ccc(Cl)cc3)c(OC)c2)cc1OC. The van der Waals surface area contributed by atoms with Gasteiger partial charge in [-0.3, -0.25) is 4.79 Å². The summed E-state index contributed by atoms with van der Waals surface area (Å²) in [5, 5.41) is 4.69. The lowest BCUT2D eigenvalue weighted by molar-refractivity contribution is 0.0954. The second-order valence-corrected chi connectivity index (χ2v) is 7.03. The average Bonchev–Trinajstić information content (AvgIpc) is 2.83. The zero-order chi connectivity index (χ0) is 22.9. The van der Waals surface area contributed by atoms with Crippen molar-refractivity contribution in [2.45, 2.75) is 6.61 Å². The molecule has 7 nitrogen and oxygen atoms in total. The summed E-state index contributed by atoms with van der Waals surface area (Å²) in [6.45, 7) is 0.377. The van der Waals surface area contributed by atoms with Gasteiger partial charge in [0.05, 0.1) is 27.5 Å². The predicted molar refractivity (Wildman–Crippen MR) is 123 cm³/mol. The summed E-state index contributed by atoms with van der Waals surface area (Å²) in [5.41, 5.74) is 4.60. The Kier molecular flexibility index (Phi) is 7.94. The number of benzene rings is 3. The Hall–Kier alpha value is -3.71. The third-order valence-corrected chi connectivity index (χ3v) is 4.77. The van der Waals surface area contributed by atoms with Crippen LogP contribution in [0.1, 0.15) is 21.5 Å². The summed E-state index contributed by atoms with van der Waals surface area (Å²) < 4.78 is 21.7. The van der Waals surface area contributed by atoms with Gasteiger partial charge in [0.25, 0.3) is 5.91 Å². The lowest BCUT2D eigenvalue weighted by Gasteiger charge is -2.11. The molecule has 8 heteroatoms. The van der Waals surface area contributed by atoms with E-state index in [1.807, 2.05) is 30.3 Å². The van der Waals surface area contributed by atoms with Crippen molar-refractivity contribution in [3.05, 3.63) is 82.4 Å². The molecule has 0 radical (unpaired) electrons. The lowest BCUT2D eigenvalue weighted by atomic mass is 10.2. The minimum Gasteiger partial charge on any atom is -0.493 e. The molecule has 32 heavy (non-hydrogen) atoms. The number of rotatable bonds is 9. The van der Waals surface area contributed by atoms with E-state index in [0.717, 1.165) is 11.1 Å². The van der Waals surface area contributed by atoms with Crippen LogP contribution in [0.15, 0.2) is 65.8 Å². The summed E-state index contributed by atoms with van der Waals surface area (Å²) in [6, 6.07) is 17.7. The van der Waals surface area contributed by atoms with Crippen LogP contribution in [0.2, 0.25) is 5.02 Å². The molecule has 0 saturated heterocycles. The van der Waals surface area contributed by atoms with Gasteiger partial charge in [-0.2, -0.15) is 5.10 Å². The topological polar surface area (TPSA) is 78.4 Å². The van der Waals surface area contributed by atoms with Crippen molar-refractivity contribution in [1.29, 1.82) is 0 Å². The summed E-state index contributed by atoms with van der Waals surface area (Å²) in [5.74, 6) is 1.77. The Bertz CT molecular complexity index is 1100. The molecule has 0 heterocycles. The van der Waals surface area contributed by atoms with Crippen molar-refractivity contribution in [2.24, 2.45) is 5.10 Å². The number of carbonyl (C=O) groups excluding carboxylic acids is 1. The fourth-order valence-electron chi connectivity index (χ4n) is 2.83. The first-order valence-electron chi connectivity index (χ1n) is 9.64. The van der Waals surface area contributed by atoms with Crippen LogP contribution in [0.4, 0.5) is 0 Å². The maximum Gasteiger partial charge on any atom is 0.271 e. The fraction of sp³-hybridized carbons (Fsp3) is 0.167. The van der Waals surface area contributed by atoms with Crippen LogP contribution in [0.5, 0.6) is 23.0 Å². The molecule has 0 fully saturated rings. The molecule has 0 saturated carbocycles.